The molecule has 0 unspecified atom stereocenters. The molecule has 106 valence electrons. The summed E-state index contributed by atoms with van der Waals surface area (Å²) in [5, 5.41) is 3.97. The first kappa shape index (κ1) is 14.9. The fourth-order valence-electron chi connectivity index (χ4n) is 2.26. The highest BCUT2D eigenvalue weighted by molar-refractivity contribution is 6.30. The Balaban J connectivity index is 2.10. The molecule has 0 bridgehead atoms. The number of benzene rings is 2. The van der Waals surface area contributed by atoms with E-state index in [9.17, 15) is 0 Å². The Morgan fingerprint density at radius 2 is 1.80 bits per heavy atom. The van der Waals surface area contributed by atoms with Crippen molar-refractivity contribution in [3.8, 4) is 0 Å². The first-order valence-corrected chi connectivity index (χ1v) is 7.17. The lowest BCUT2D eigenvalue weighted by molar-refractivity contribution is 0.811. The number of rotatable bonds is 5. The molecule has 0 heterocycles. The Bertz CT molecular complexity index is 564. The number of nitrogens with zero attached hydrogens (tertiary/aromatic N) is 1. The summed E-state index contributed by atoms with van der Waals surface area (Å²) < 4.78 is 0. The van der Waals surface area contributed by atoms with Crippen LogP contribution < -0.4 is 10.2 Å². The van der Waals surface area contributed by atoms with Gasteiger partial charge in [-0.05, 0) is 54.9 Å². The summed E-state index contributed by atoms with van der Waals surface area (Å²) in [6.07, 6.45) is 0. The van der Waals surface area contributed by atoms with E-state index in [-0.39, 0.29) is 0 Å². The first-order chi connectivity index (χ1) is 9.60. The molecule has 1 N–H and O–H groups in total. The lowest BCUT2D eigenvalue weighted by Gasteiger charge is -2.21. The van der Waals surface area contributed by atoms with Crippen molar-refractivity contribution in [3.63, 3.8) is 0 Å². The molecule has 2 rings (SSSR count). The minimum atomic E-state index is 0.781. The number of nitrogens with one attached hydrogen (secondary N) is 1. The zero-order valence-corrected chi connectivity index (χ0v) is 13.0. The molecule has 0 spiro atoms. The third-order valence-electron chi connectivity index (χ3n) is 3.47. The fraction of sp³-hybridized carbons (Fsp3) is 0.294. The Kier molecular flexibility index (Phi) is 5.05. The molecule has 0 aliphatic carbocycles. The van der Waals surface area contributed by atoms with Crippen LogP contribution in [0.25, 0.3) is 0 Å². The minimum absolute atomic E-state index is 0.781. The Morgan fingerprint density at radius 3 is 2.40 bits per heavy atom. The van der Waals surface area contributed by atoms with E-state index in [0.717, 1.165) is 18.1 Å². The summed E-state index contributed by atoms with van der Waals surface area (Å²) >= 11 is 5.91. The standard InChI is InChI=1S/C17H21ClN2/c1-13-10-17(9-6-15(13)11-19-2)20(3)12-14-4-7-16(18)8-5-14/h4-10,19H,11-12H2,1-3H3. The number of hydrogen-bond acceptors (Lipinski definition) is 2. The molecule has 0 saturated heterocycles. The van der Waals surface area contributed by atoms with Gasteiger partial charge in [0.15, 0.2) is 0 Å². The van der Waals surface area contributed by atoms with Gasteiger partial charge in [-0.15, -0.1) is 0 Å². The molecule has 0 aliphatic rings. The highest BCUT2D eigenvalue weighted by Crippen LogP contribution is 2.20. The van der Waals surface area contributed by atoms with Crippen LogP contribution in [0.1, 0.15) is 16.7 Å². The molecule has 0 saturated carbocycles. The van der Waals surface area contributed by atoms with Crippen molar-refractivity contribution < 1.29 is 0 Å². The van der Waals surface area contributed by atoms with Crippen LogP contribution in [0.2, 0.25) is 5.02 Å². The van der Waals surface area contributed by atoms with Gasteiger partial charge in [-0.25, -0.2) is 0 Å². The lowest BCUT2D eigenvalue weighted by atomic mass is 10.1. The summed E-state index contributed by atoms with van der Waals surface area (Å²) in [7, 11) is 4.08. The maximum Gasteiger partial charge on any atom is 0.0426 e. The Labute approximate surface area is 126 Å². The van der Waals surface area contributed by atoms with E-state index in [4.69, 9.17) is 11.6 Å². The predicted octanol–water partition coefficient (Wildman–Crippen LogP) is 4.00. The van der Waals surface area contributed by atoms with Crippen molar-refractivity contribution in [1.82, 2.24) is 5.32 Å². The van der Waals surface area contributed by atoms with E-state index < -0.39 is 0 Å². The summed E-state index contributed by atoms with van der Waals surface area (Å²) in [6, 6.07) is 14.6. The average molecular weight is 289 g/mol. The third kappa shape index (κ3) is 3.75. The number of aryl methyl sites for hydroxylation is 1. The molecule has 20 heavy (non-hydrogen) atoms. The van der Waals surface area contributed by atoms with Crippen LogP contribution in [-0.2, 0) is 13.1 Å². The molecule has 0 aromatic heterocycles. The molecular formula is C17H21ClN2. The molecule has 0 radical (unpaired) electrons. The number of hydrogen-bond donors (Lipinski definition) is 1. The Morgan fingerprint density at radius 1 is 1.10 bits per heavy atom. The van der Waals surface area contributed by atoms with Gasteiger partial charge < -0.3 is 10.2 Å². The largest absolute Gasteiger partial charge is 0.370 e. The van der Waals surface area contributed by atoms with Gasteiger partial charge in [0, 0.05) is 30.8 Å². The van der Waals surface area contributed by atoms with Gasteiger partial charge in [-0.3, -0.25) is 0 Å². The van der Waals surface area contributed by atoms with E-state index >= 15 is 0 Å². The maximum absolute atomic E-state index is 5.91. The van der Waals surface area contributed by atoms with Crippen LogP contribution in [0.5, 0.6) is 0 Å². The van der Waals surface area contributed by atoms with Crippen molar-refractivity contribution >= 4 is 17.3 Å². The van der Waals surface area contributed by atoms with Crippen molar-refractivity contribution in [2.75, 3.05) is 19.0 Å². The van der Waals surface area contributed by atoms with Crippen molar-refractivity contribution in [3.05, 3.63) is 64.2 Å². The van der Waals surface area contributed by atoms with Crippen LogP contribution in [0.4, 0.5) is 5.69 Å². The normalized spacial score (nSPS) is 10.6. The molecule has 2 nitrogen and oxygen atoms in total. The van der Waals surface area contributed by atoms with Crippen LogP contribution in [0, 0.1) is 6.92 Å². The average Bonchev–Trinajstić information content (AvgIpc) is 2.44. The van der Waals surface area contributed by atoms with Crippen LogP contribution in [-0.4, -0.2) is 14.1 Å². The van der Waals surface area contributed by atoms with Crippen molar-refractivity contribution in [2.24, 2.45) is 0 Å². The third-order valence-corrected chi connectivity index (χ3v) is 3.72. The minimum Gasteiger partial charge on any atom is -0.370 e. The van der Waals surface area contributed by atoms with E-state index in [2.05, 4.69) is 54.5 Å². The van der Waals surface area contributed by atoms with Gasteiger partial charge in [0.2, 0.25) is 0 Å². The van der Waals surface area contributed by atoms with Crippen LogP contribution >= 0.6 is 11.6 Å². The summed E-state index contributed by atoms with van der Waals surface area (Å²) in [6.45, 7) is 3.95. The molecule has 3 heteroatoms. The smallest absolute Gasteiger partial charge is 0.0426 e. The molecular weight excluding hydrogens is 268 g/mol. The van der Waals surface area contributed by atoms with Gasteiger partial charge in [-0.2, -0.15) is 0 Å². The SMILES string of the molecule is CNCc1ccc(N(C)Cc2ccc(Cl)cc2)cc1C. The molecule has 2 aromatic rings. The second-order valence-electron chi connectivity index (χ2n) is 5.12. The maximum atomic E-state index is 5.91. The van der Waals surface area contributed by atoms with Gasteiger partial charge in [-0.1, -0.05) is 29.8 Å². The molecule has 0 amide bonds. The molecule has 0 fully saturated rings. The first-order valence-electron chi connectivity index (χ1n) is 6.80. The van der Waals surface area contributed by atoms with Crippen LogP contribution in [0.15, 0.2) is 42.5 Å². The summed E-state index contributed by atoms with van der Waals surface area (Å²) in [5.74, 6) is 0. The fourth-order valence-corrected chi connectivity index (χ4v) is 2.39. The van der Waals surface area contributed by atoms with Crippen molar-refractivity contribution in [2.45, 2.75) is 20.0 Å². The predicted molar refractivity (Wildman–Crippen MR) is 87.5 cm³/mol. The topological polar surface area (TPSA) is 15.3 Å². The molecule has 2 aromatic carbocycles. The number of halogens is 1. The quantitative estimate of drug-likeness (QED) is 0.894. The van der Waals surface area contributed by atoms with Gasteiger partial charge >= 0.3 is 0 Å². The molecule has 0 aliphatic heterocycles. The second-order valence-corrected chi connectivity index (χ2v) is 5.56. The zero-order chi connectivity index (χ0) is 14.5. The van der Waals surface area contributed by atoms with E-state index in [1.807, 2.05) is 19.2 Å². The zero-order valence-electron chi connectivity index (χ0n) is 12.3. The van der Waals surface area contributed by atoms with Gasteiger partial charge in [0.05, 0.1) is 0 Å². The Hall–Kier alpha value is -1.51. The van der Waals surface area contributed by atoms with Crippen LogP contribution in [0.3, 0.4) is 0 Å². The second kappa shape index (κ2) is 6.78. The van der Waals surface area contributed by atoms with E-state index in [1.165, 1.54) is 22.4 Å². The lowest BCUT2D eigenvalue weighted by Crippen LogP contribution is -2.17. The van der Waals surface area contributed by atoms with E-state index in [1.54, 1.807) is 0 Å². The summed E-state index contributed by atoms with van der Waals surface area (Å²) in [4.78, 5) is 2.25. The molecule has 0 atom stereocenters. The highest BCUT2D eigenvalue weighted by atomic mass is 35.5. The van der Waals surface area contributed by atoms with E-state index in [0.29, 0.717) is 0 Å². The highest BCUT2D eigenvalue weighted by Gasteiger charge is 2.05. The van der Waals surface area contributed by atoms with Gasteiger partial charge in [0.1, 0.15) is 0 Å². The number of anilines is 1. The monoisotopic (exact) mass is 288 g/mol. The van der Waals surface area contributed by atoms with Gasteiger partial charge in [0.25, 0.3) is 0 Å². The van der Waals surface area contributed by atoms with Crippen molar-refractivity contribution in [1.29, 1.82) is 0 Å². The summed E-state index contributed by atoms with van der Waals surface area (Å²) in [5.41, 5.74) is 5.15.